The topological polar surface area (TPSA) is 70.3 Å². The van der Waals surface area contributed by atoms with Gasteiger partial charge in [0, 0.05) is 18.3 Å². The third-order valence-electron chi connectivity index (χ3n) is 2.62. The molecule has 0 unspecified atom stereocenters. The van der Waals surface area contributed by atoms with Gasteiger partial charge in [0.25, 0.3) is 0 Å². The zero-order valence-corrected chi connectivity index (χ0v) is 11.3. The molecule has 1 heterocycles. The molecule has 19 heavy (non-hydrogen) atoms. The molecule has 0 radical (unpaired) electrons. The second-order valence-electron chi connectivity index (χ2n) is 4.19. The molecule has 0 bridgehead atoms. The number of benzene rings is 1. The molecule has 0 amide bonds. The number of methoxy groups -OCH3 is 1. The molecule has 0 saturated heterocycles. The third kappa shape index (κ3) is 3.20. The molecular weight excluding hydrogens is 242 g/mol. The van der Waals surface area contributed by atoms with Gasteiger partial charge in [-0.2, -0.15) is 4.98 Å². The first kappa shape index (κ1) is 13.3. The average Bonchev–Trinajstić information content (AvgIpc) is 2.38. The molecule has 1 aromatic carbocycles. The Morgan fingerprint density at radius 3 is 2.53 bits per heavy atom. The van der Waals surface area contributed by atoms with Gasteiger partial charge in [-0.25, -0.2) is 4.98 Å². The number of rotatable bonds is 4. The Hall–Kier alpha value is -2.14. The van der Waals surface area contributed by atoms with Gasteiger partial charge in [-0.05, 0) is 31.5 Å². The molecule has 0 atom stereocenters. The molecule has 2 aromatic rings. The van der Waals surface area contributed by atoms with Crippen LogP contribution in [0.1, 0.15) is 17.1 Å². The van der Waals surface area contributed by atoms with E-state index in [0.29, 0.717) is 29.7 Å². The molecule has 0 aliphatic rings. The van der Waals surface area contributed by atoms with Crippen molar-refractivity contribution in [3.63, 3.8) is 0 Å². The standard InChI is InChI=1S/C14H17N3O2/c1-9-6-14(17-10(2)16-9)19-12-5-4-11(8-15)7-13(12)18-3/h4-7H,8,15H2,1-3H3. The van der Waals surface area contributed by atoms with E-state index >= 15 is 0 Å². The molecule has 5 heteroatoms. The van der Waals surface area contributed by atoms with Gasteiger partial charge in [0.05, 0.1) is 7.11 Å². The average molecular weight is 259 g/mol. The van der Waals surface area contributed by atoms with Crippen LogP contribution >= 0.6 is 0 Å². The molecule has 0 aliphatic carbocycles. The predicted molar refractivity (Wildman–Crippen MR) is 72.5 cm³/mol. The van der Waals surface area contributed by atoms with Gasteiger partial charge < -0.3 is 15.2 Å². The van der Waals surface area contributed by atoms with Crippen molar-refractivity contribution in [2.45, 2.75) is 20.4 Å². The van der Waals surface area contributed by atoms with Crippen molar-refractivity contribution < 1.29 is 9.47 Å². The van der Waals surface area contributed by atoms with Gasteiger partial charge in [-0.15, -0.1) is 0 Å². The number of nitrogens with two attached hydrogens (primary N) is 1. The fourth-order valence-corrected chi connectivity index (χ4v) is 1.77. The summed E-state index contributed by atoms with van der Waals surface area (Å²) in [6, 6.07) is 7.37. The van der Waals surface area contributed by atoms with Crippen LogP contribution in [0.3, 0.4) is 0 Å². The first-order valence-corrected chi connectivity index (χ1v) is 5.99. The Morgan fingerprint density at radius 1 is 1.11 bits per heavy atom. The van der Waals surface area contributed by atoms with Crippen LogP contribution in [-0.2, 0) is 6.54 Å². The van der Waals surface area contributed by atoms with E-state index in [9.17, 15) is 0 Å². The zero-order chi connectivity index (χ0) is 13.8. The summed E-state index contributed by atoms with van der Waals surface area (Å²) in [4.78, 5) is 8.44. The Balaban J connectivity index is 2.32. The summed E-state index contributed by atoms with van der Waals surface area (Å²) in [5.41, 5.74) is 7.45. The van der Waals surface area contributed by atoms with Crippen molar-refractivity contribution in [1.82, 2.24) is 9.97 Å². The van der Waals surface area contributed by atoms with Crippen molar-refractivity contribution in [1.29, 1.82) is 0 Å². The van der Waals surface area contributed by atoms with Gasteiger partial charge in [0.2, 0.25) is 5.88 Å². The van der Waals surface area contributed by atoms with Crippen LogP contribution in [0, 0.1) is 13.8 Å². The number of aryl methyl sites for hydroxylation is 2. The molecule has 0 saturated carbocycles. The largest absolute Gasteiger partial charge is 0.493 e. The van der Waals surface area contributed by atoms with E-state index in [1.54, 1.807) is 13.2 Å². The summed E-state index contributed by atoms with van der Waals surface area (Å²) in [5.74, 6) is 2.42. The maximum Gasteiger partial charge on any atom is 0.222 e. The minimum atomic E-state index is 0.461. The fraction of sp³-hybridized carbons (Fsp3) is 0.286. The molecule has 2 rings (SSSR count). The smallest absolute Gasteiger partial charge is 0.222 e. The summed E-state index contributed by atoms with van der Waals surface area (Å²) < 4.78 is 11.0. The second kappa shape index (κ2) is 5.67. The molecule has 2 N–H and O–H groups in total. The third-order valence-corrected chi connectivity index (χ3v) is 2.62. The highest BCUT2D eigenvalue weighted by molar-refractivity contribution is 5.44. The second-order valence-corrected chi connectivity index (χ2v) is 4.19. The van der Waals surface area contributed by atoms with Crippen molar-refractivity contribution in [2.24, 2.45) is 5.73 Å². The van der Waals surface area contributed by atoms with Crippen LogP contribution < -0.4 is 15.2 Å². The monoisotopic (exact) mass is 259 g/mol. The number of hydrogen-bond acceptors (Lipinski definition) is 5. The molecule has 5 nitrogen and oxygen atoms in total. The first-order valence-electron chi connectivity index (χ1n) is 5.99. The van der Waals surface area contributed by atoms with E-state index in [1.165, 1.54) is 0 Å². The van der Waals surface area contributed by atoms with Crippen LogP contribution in [0.4, 0.5) is 0 Å². The summed E-state index contributed by atoms with van der Waals surface area (Å²) >= 11 is 0. The lowest BCUT2D eigenvalue weighted by Gasteiger charge is -2.11. The van der Waals surface area contributed by atoms with Gasteiger partial charge >= 0.3 is 0 Å². The first-order chi connectivity index (χ1) is 9.12. The summed E-state index contributed by atoms with van der Waals surface area (Å²) in [6.45, 7) is 4.19. The van der Waals surface area contributed by atoms with Crippen LogP contribution in [-0.4, -0.2) is 17.1 Å². The highest BCUT2D eigenvalue weighted by Gasteiger charge is 2.08. The van der Waals surface area contributed by atoms with E-state index in [4.69, 9.17) is 15.2 Å². The fourth-order valence-electron chi connectivity index (χ4n) is 1.77. The molecule has 1 aromatic heterocycles. The Morgan fingerprint density at radius 2 is 1.89 bits per heavy atom. The lowest BCUT2D eigenvalue weighted by atomic mass is 10.2. The highest BCUT2D eigenvalue weighted by Crippen LogP contribution is 2.31. The maximum absolute atomic E-state index is 5.74. The molecule has 0 aliphatic heterocycles. The van der Waals surface area contributed by atoms with Crippen LogP contribution in [0.5, 0.6) is 17.4 Å². The van der Waals surface area contributed by atoms with Gasteiger partial charge in [-0.1, -0.05) is 6.07 Å². The van der Waals surface area contributed by atoms with Crippen molar-refractivity contribution in [3.8, 4) is 17.4 Å². The number of aromatic nitrogens is 2. The molecule has 0 spiro atoms. The summed E-state index contributed by atoms with van der Waals surface area (Å²) in [6.07, 6.45) is 0. The normalized spacial score (nSPS) is 10.3. The highest BCUT2D eigenvalue weighted by atomic mass is 16.5. The zero-order valence-electron chi connectivity index (χ0n) is 11.3. The Labute approximate surface area is 112 Å². The minimum Gasteiger partial charge on any atom is -0.493 e. The van der Waals surface area contributed by atoms with Crippen molar-refractivity contribution in [3.05, 3.63) is 41.3 Å². The summed E-state index contributed by atoms with van der Waals surface area (Å²) in [5, 5.41) is 0. The van der Waals surface area contributed by atoms with E-state index in [2.05, 4.69) is 9.97 Å². The predicted octanol–water partition coefficient (Wildman–Crippen LogP) is 2.35. The van der Waals surface area contributed by atoms with Crippen LogP contribution in [0.15, 0.2) is 24.3 Å². The van der Waals surface area contributed by atoms with E-state index in [0.717, 1.165) is 11.3 Å². The van der Waals surface area contributed by atoms with Crippen LogP contribution in [0.25, 0.3) is 0 Å². The Bertz CT molecular complexity index is 565. The molecular formula is C14H17N3O2. The van der Waals surface area contributed by atoms with Crippen molar-refractivity contribution >= 4 is 0 Å². The number of ether oxygens (including phenoxy) is 2. The summed E-state index contributed by atoms with van der Waals surface area (Å²) in [7, 11) is 1.60. The molecule has 100 valence electrons. The maximum atomic E-state index is 5.74. The minimum absolute atomic E-state index is 0.461. The van der Waals surface area contributed by atoms with Crippen LogP contribution in [0.2, 0.25) is 0 Å². The number of nitrogens with zero attached hydrogens (tertiary/aromatic N) is 2. The van der Waals surface area contributed by atoms with E-state index in [-0.39, 0.29) is 0 Å². The van der Waals surface area contributed by atoms with E-state index < -0.39 is 0 Å². The van der Waals surface area contributed by atoms with Gasteiger partial charge in [0.1, 0.15) is 5.82 Å². The lowest BCUT2D eigenvalue weighted by Crippen LogP contribution is -1.99. The van der Waals surface area contributed by atoms with Gasteiger partial charge in [-0.3, -0.25) is 0 Å². The quantitative estimate of drug-likeness (QED) is 0.912. The van der Waals surface area contributed by atoms with E-state index in [1.807, 2.05) is 32.0 Å². The Kier molecular flexibility index (Phi) is 3.97. The molecule has 0 fully saturated rings. The van der Waals surface area contributed by atoms with Crippen molar-refractivity contribution in [2.75, 3.05) is 7.11 Å². The van der Waals surface area contributed by atoms with Gasteiger partial charge in [0.15, 0.2) is 11.5 Å². The lowest BCUT2D eigenvalue weighted by molar-refractivity contribution is 0.373. The number of hydrogen-bond donors (Lipinski definition) is 1. The SMILES string of the molecule is COc1cc(CN)ccc1Oc1cc(C)nc(C)n1.